The second kappa shape index (κ2) is 5.52. The molecule has 5 nitrogen and oxygen atoms in total. The van der Waals surface area contributed by atoms with E-state index in [4.69, 9.17) is 0 Å². The van der Waals surface area contributed by atoms with Crippen molar-refractivity contribution >= 4 is 5.91 Å². The van der Waals surface area contributed by atoms with E-state index in [0.29, 0.717) is 6.54 Å². The van der Waals surface area contributed by atoms with Crippen molar-refractivity contribution in [1.29, 1.82) is 0 Å². The minimum atomic E-state index is -0.226. The van der Waals surface area contributed by atoms with Crippen LogP contribution in [0, 0.1) is 12.3 Å². The van der Waals surface area contributed by atoms with Crippen LogP contribution in [0.5, 0.6) is 0 Å². The van der Waals surface area contributed by atoms with E-state index < -0.39 is 0 Å². The number of carbonyl (C=O) groups excluding carboxylic acids is 1. The lowest BCUT2D eigenvalue weighted by molar-refractivity contribution is -0.132. The normalized spacial score (nSPS) is 23.9. The summed E-state index contributed by atoms with van der Waals surface area (Å²) in [5.74, 6) is 0.165. The van der Waals surface area contributed by atoms with Crippen LogP contribution in [0.2, 0.25) is 0 Å². The summed E-state index contributed by atoms with van der Waals surface area (Å²) in [4.78, 5) is 12.4. The van der Waals surface area contributed by atoms with Crippen LogP contribution in [0.25, 0.3) is 0 Å². The van der Waals surface area contributed by atoms with Gasteiger partial charge in [-0.25, -0.2) is 0 Å². The maximum atomic E-state index is 12.4. The van der Waals surface area contributed by atoms with Crippen molar-refractivity contribution in [3.05, 3.63) is 17.5 Å². The van der Waals surface area contributed by atoms with Gasteiger partial charge in [0.05, 0.1) is 11.6 Å². The molecule has 0 radical (unpaired) electrons. The first-order chi connectivity index (χ1) is 8.68. The van der Waals surface area contributed by atoms with Crippen molar-refractivity contribution in [2.24, 2.45) is 5.41 Å². The number of aromatic nitrogens is 2. The predicted molar refractivity (Wildman–Crippen MR) is 70.0 cm³/mol. The monoisotopic (exact) mass is 250 g/mol. The highest BCUT2D eigenvalue weighted by Crippen LogP contribution is 2.30. The summed E-state index contributed by atoms with van der Waals surface area (Å²) in [6.07, 6.45) is 4.71. The van der Waals surface area contributed by atoms with Crippen LogP contribution < -0.4 is 10.6 Å². The fourth-order valence-electron chi connectivity index (χ4n) is 2.54. The summed E-state index contributed by atoms with van der Waals surface area (Å²) in [6, 6.07) is 0. The highest BCUT2D eigenvalue weighted by atomic mass is 16.2. The Balaban J connectivity index is 1.96. The number of amides is 1. The molecule has 1 aromatic rings. The highest BCUT2D eigenvalue weighted by molar-refractivity contribution is 5.83. The lowest BCUT2D eigenvalue weighted by Gasteiger charge is -2.35. The fraction of sp³-hybridized carbons (Fsp3) is 0.692. The first-order valence-corrected chi connectivity index (χ1v) is 6.66. The van der Waals surface area contributed by atoms with Gasteiger partial charge in [0.15, 0.2) is 0 Å². The molecule has 0 bridgehead atoms. The number of rotatable bonds is 4. The Bertz CT molecular complexity index is 407. The van der Waals surface area contributed by atoms with Crippen molar-refractivity contribution in [2.45, 2.75) is 39.7 Å². The minimum absolute atomic E-state index is 0.165. The third kappa shape index (κ3) is 2.56. The van der Waals surface area contributed by atoms with Gasteiger partial charge in [0, 0.05) is 24.3 Å². The molecule has 0 saturated carbocycles. The quantitative estimate of drug-likeness (QED) is 0.750. The number of hydrogen-bond acceptors (Lipinski definition) is 3. The molecule has 0 aromatic carbocycles. The molecule has 1 fully saturated rings. The Morgan fingerprint density at radius 3 is 3.00 bits per heavy atom. The zero-order chi connectivity index (χ0) is 13.0. The maximum absolute atomic E-state index is 12.4. The molecular weight excluding hydrogens is 228 g/mol. The topological polar surface area (TPSA) is 69.8 Å². The Kier molecular flexibility index (Phi) is 4.01. The van der Waals surface area contributed by atoms with Crippen molar-refractivity contribution in [1.82, 2.24) is 20.8 Å². The number of aryl methyl sites for hydroxylation is 1. The van der Waals surface area contributed by atoms with Crippen molar-refractivity contribution in [2.75, 3.05) is 13.1 Å². The van der Waals surface area contributed by atoms with E-state index in [1.54, 1.807) is 6.20 Å². The van der Waals surface area contributed by atoms with Crippen LogP contribution in [0.3, 0.4) is 0 Å². The smallest absolute Gasteiger partial charge is 0.227 e. The third-order valence-electron chi connectivity index (χ3n) is 4.00. The number of aromatic amines is 1. The van der Waals surface area contributed by atoms with Gasteiger partial charge in [-0.15, -0.1) is 0 Å². The lowest BCUT2D eigenvalue weighted by atomic mass is 9.77. The molecule has 18 heavy (non-hydrogen) atoms. The molecule has 0 spiro atoms. The first kappa shape index (κ1) is 13.1. The average Bonchev–Trinajstić information content (AvgIpc) is 2.82. The molecule has 1 atom stereocenters. The number of H-pyrrole nitrogens is 1. The molecule has 1 saturated heterocycles. The summed E-state index contributed by atoms with van der Waals surface area (Å²) in [5.41, 5.74) is 1.84. The number of carbonyl (C=O) groups is 1. The molecule has 1 amide bonds. The summed E-state index contributed by atoms with van der Waals surface area (Å²) >= 11 is 0. The van der Waals surface area contributed by atoms with E-state index in [-0.39, 0.29) is 11.3 Å². The second-order valence-electron chi connectivity index (χ2n) is 5.12. The predicted octanol–water partition coefficient (Wildman–Crippen LogP) is 1.11. The molecule has 2 heterocycles. The van der Waals surface area contributed by atoms with Crippen LogP contribution in [-0.4, -0.2) is 29.2 Å². The van der Waals surface area contributed by atoms with Gasteiger partial charge in [0.2, 0.25) is 5.91 Å². The van der Waals surface area contributed by atoms with Crippen molar-refractivity contribution in [3.8, 4) is 0 Å². The Labute approximate surface area is 108 Å². The van der Waals surface area contributed by atoms with Gasteiger partial charge in [-0.05, 0) is 32.7 Å². The standard InChI is InChI=1S/C13H22N4O/c1-3-13(5-4-6-14-9-13)12(18)15-7-11-8-16-17-10(11)2/h8,14H,3-7,9H2,1-2H3,(H,15,18)(H,16,17). The third-order valence-corrected chi connectivity index (χ3v) is 4.00. The zero-order valence-electron chi connectivity index (χ0n) is 11.2. The van der Waals surface area contributed by atoms with Gasteiger partial charge < -0.3 is 10.6 Å². The van der Waals surface area contributed by atoms with E-state index in [2.05, 4.69) is 27.8 Å². The number of nitrogens with one attached hydrogen (secondary N) is 3. The highest BCUT2D eigenvalue weighted by Gasteiger charge is 2.37. The van der Waals surface area contributed by atoms with E-state index in [1.807, 2.05) is 6.92 Å². The molecule has 5 heteroatoms. The van der Waals surface area contributed by atoms with E-state index in [0.717, 1.165) is 43.6 Å². The minimum Gasteiger partial charge on any atom is -0.351 e. The largest absolute Gasteiger partial charge is 0.351 e. The van der Waals surface area contributed by atoms with Gasteiger partial charge in [-0.3, -0.25) is 9.89 Å². The number of nitrogens with zero attached hydrogens (tertiary/aromatic N) is 1. The summed E-state index contributed by atoms with van der Waals surface area (Å²) in [6.45, 7) is 6.43. The second-order valence-corrected chi connectivity index (χ2v) is 5.12. The molecule has 1 aromatic heterocycles. The first-order valence-electron chi connectivity index (χ1n) is 6.66. The average molecular weight is 250 g/mol. The van der Waals surface area contributed by atoms with Crippen LogP contribution in [0.15, 0.2) is 6.20 Å². The maximum Gasteiger partial charge on any atom is 0.227 e. The van der Waals surface area contributed by atoms with Gasteiger partial charge >= 0.3 is 0 Å². The molecule has 2 rings (SSSR count). The molecule has 3 N–H and O–H groups in total. The van der Waals surface area contributed by atoms with Gasteiger partial charge in [-0.1, -0.05) is 6.92 Å². The summed E-state index contributed by atoms with van der Waals surface area (Å²) < 4.78 is 0. The summed E-state index contributed by atoms with van der Waals surface area (Å²) in [7, 11) is 0. The van der Waals surface area contributed by atoms with Crippen LogP contribution in [0.4, 0.5) is 0 Å². The molecule has 0 aliphatic carbocycles. The van der Waals surface area contributed by atoms with Crippen molar-refractivity contribution in [3.63, 3.8) is 0 Å². The van der Waals surface area contributed by atoms with Crippen LogP contribution in [-0.2, 0) is 11.3 Å². The molecule has 1 aliphatic heterocycles. The Morgan fingerprint density at radius 1 is 1.61 bits per heavy atom. The molecule has 1 aliphatic rings. The Morgan fingerprint density at radius 2 is 2.44 bits per heavy atom. The zero-order valence-corrected chi connectivity index (χ0v) is 11.2. The van der Waals surface area contributed by atoms with Gasteiger partial charge in [-0.2, -0.15) is 5.10 Å². The molecular formula is C13H22N4O. The lowest BCUT2D eigenvalue weighted by Crippen LogP contribution is -2.50. The van der Waals surface area contributed by atoms with Crippen molar-refractivity contribution < 1.29 is 4.79 Å². The summed E-state index contributed by atoms with van der Waals surface area (Å²) in [5, 5.41) is 13.2. The number of hydrogen-bond donors (Lipinski definition) is 3. The fourth-order valence-corrected chi connectivity index (χ4v) is 2.54. The van der Waals surface area contributed by atoms with Gasteiger partial charge in [0.1, 0.15) is 0 Å². The van der Waals surface area contributed by atoms with Crippen LogP contribution in [0.1, 0.15) is 37.4 Å². The van der Waals surface area contributed by atoms with Crippen LogP contribution >= 0.6 is 0 Å². The molecule has 1 unspecified atom stereocenters. The van der Waals surface area contributed by atoms with E-state index in [1.165, 1.54) is 0 Å². The molecule has 100 valence electrons. The number of piperidine rings is 1. The SMILES string of the molecule is CCC1(C(=O)NCc2cn[nH]c2C)CCCNC1. The van der Waals surface area contributed by atoms with Gasteiger partial charge in [0.25, 0.3) is 0 Å². The van der Waals surface area contributed by atoms with E-state index in [9.17, 15) is 4.79 Å². The van der Waals surface area contributed by atoms with E-state index >= 15 is 0 Å². The Hall–Kier alpha value is -1.36.